The fourth-order valence-corrected chi connectivity index (χ4v) is 5.44. The summed E-state index contributed by atoms with van der Waals surface area (Å²) in [5.74, 6) is -0.0108. The Balaban J connectivity index is 1.76. The number of amidine groups is 1. The lowest BCUT2D eigenvalue weighted by Gasteiger charge is -2.19. The number of para-hydroxylation sites is 2. The summed E-state index contributed by atoms with van der Waals surface area (Å²) in [6.45, 7) is 7.15. The van der Waals surface area contributed by atoms with E-state index in [9.17, 15) is 4.79 Å². The minimum Gasteiger partial charge on any atom is -0.334 e. The van der Waals surface area contributed by atoms with Gasteiger partial charge in [0.05, 0.1) is 11.4 Å². The van der Waals surface area contributed by atoms with Gasteiger partial charge in [-0.1, -0.05) is 48.2 Å². The Morgan fingerprint density at radius 2 is 1.78 bits per heavy atom. The number of anilines is 1. The molecule has 0 aliphatic carbocycles. The molecule has 0 radical (unpaired) electrons. The first kappa shape index (κ1) is 17.9. The van der Waals surface area contributed by atoms with Crippen molar-refractivity contribution < 1.29 is 4.79 Å². The molecule has 2 aromatic carbocycles. The Hall–Kier alpha value is -2.44. The van der Waals surface area contributed by atoms with Crippen LogP contribution in [0, 0.1) is 0 Å². The molecular weight excluding hydrogens is 374 g/mol. The van der Waals surface area contributed by atoms with E-state index in [4.69, 9.17) is 4.99 Å². The van der Waals surface area contributed by atoms with Gasteiger partial charge in [0.25, 0.3) is 5.91 Å². The van der Waals surface area contributed by atoms with Crippen LogP contribution in [0.3, 0.4) is 0 Å². The molecule has 1 saturated heterocycles. The first-order valence-corrected chi connectivity index (χ1v) is 10.4. The van der Waals surface area contributed by atoms with Crippen molar-refractivity contribution in [2.75, 3.05) is 18.0 Å². The van der Waals surface area contributed by atoms with Gasteiger partial charge in [0, 0.05) is 18.0 Å². The number of hydrogen-bond acceptors (Lipinski definition) is 5. The Bertz CT molecular complexity index is 953. The molecule has 136 valence electrons. The number of carbonyl (C=O) groups is 1. The first-order chi connectivity index (χ1) is 13.2. The Morgan fingerprint density at radius 3 is 2.52 bits per heavy atom. The van der Waals surface area contributed by atoms with Crippen LogP contribution in [-0.4, -0.2) is 29.1 Å². The van der Waals surface area contributed by atoms with Crippen LogP contribution in [0.15, 0.2) is 87.1 Å². The van der Waals surface area contributed by atoms with E-state index in [-0.39, 0.29) is 5.91 Å². The summed E-state index contributed by atoms with van der Waals surface area (Å²) in [4.78, 5) is 23.7. The highest BCUT2D eigenvalue weighted by Gasteiger charge is 2.39. The summed E-state index contributed by atoms with van der Waals surface area (Å²) in [7, 11) is 0. The van der Waals surface area contributed by atoms with Gasteiger partial charge in [-0.3, -0.25) is 9.69 Å². The summed E-state index contributed by atoms with van der Waals surface area (Å²) >= 11 is 3.10. The Kier molecular flexibility index (Phi) is 5.09. The smallest absolute Gasteiger partial charge is 0.269 e. The van der Waals surface area contributed by atoms with Crippen molar-refractivity contribution in [3.63, 3.8) is 0 Å². The molecular formula is C21H19N3OS2. The largest absolute Gasteiger partial charge is 0.334 e. The number of hydrogen-bond donors (Lipinski definition) is 0. The maximum absolute atomic E-state index is 13.2. The molecule has 1 fully saturated rings. The van der Waals surface area contributed by atoms with Gasteiger partial charge in [-0.2, -0.15) is 0 Å². The molecule has 6 heteroatoms. The molecule has 0 spiro atoms. The normalized spacial score (nSPS) is 20.5. The summed E-state index contributed by atoms with van der Waals surface area (Å²) in [6, 6.07) is 18.0. The lowest BCUT2D eigenvalue weighted by Crippen LogP contribution is -2.30. The van der Waals surface area contributed by atoms with Gasteiger partial charge >= 0.3 is 0 Å². The Morgan fingerprint density at radius 1 is 1.04 bits per heavy atom. The van der Waals surface area contributed by atoms with E-state index in [0.717, 1.165) is 27.9 Å². The molecule has 0 bridgehead atoms. The third-order valence-corrected chi connectivity index (χ3v) is 6.65. The van der Waals surface area contributed by atoms with Crippen LogP contribution in [0.25, 0.3) is 0 Å². The number of benzene rings is 2. The monoisotopic (exact) mass is 393 g/mol. The number of thioether (sulfide) groups is 2. The van der Waals surface area contributed by atoms with Gasteiger partial charge in [0.15, 0.2) is 5.17 Å². The average molecular weight is 394 g/mol. The van der Waals surface area contributed by atoms with Crippen LogP contribution in [0.4, 0.5) is 11.4 Å². The van der Waals surface area contributed by atoms with E-state index in [2.05, 4.69) is 30.5 Å². The van der Waals surface area contributed by atoms with Crippen LogP contribution in [0.5, 0.6) is 0 Å². The predicted molar refractivity (Wildman–Crippen MR) is 115 cm³/mol. The third kappa shape index (κ3) is 3.31. The molecule has 2 aromatic rings. The van der Waals surface area contributed by atoms with Crippen molar-refractivity contribution in [2.45, 2.75) is 11.8 Å². The summed E-state index contributed by atoms with van der Waals surface area (Å²) in [6.07, 6.45) is 1.74. The molecule has 0 atom stereocenters. The number of amides is 1. The van der Waals surface area contributed by atoms with E-state index in [1.165, 1.54) is 16.7 Å². The molecule has 1 amide bonds. The fraction of sp³-hybridized carbons (Fsp3) is 0.143. The lowest BCUT2D eigenvalue weighted by molar-refractivity contribution is -0.121. The molecule has 0 N–H and O–H groups in total. The maximum atomic E-state index is 13.2. The molecule has 0 aromatic heterocycles. The molecule has 27 heavy (non-hydrogen) atoms. The quantitative estimate of drug-likeness (QED) is 0.526. The second-order valence-electron chi connectivity index (χ2n) is 5.98. The van der Waals surface area contributed by atoms with Crippen molar-refractivity contribution in [1.82, 2.24) is 4.90 Å². The van der Waals surface area contributed by atoms with Crippen LogP contribution < -0.4 is 4.90 Å². The minimum atomic E-state index is -0.0108. The van der Waals surface area contributed by atoms with Gasteiger partial charge in [-0.05, 0) is 43.0 Å². The third-order valence-electron chi connectivity index (χ3n) is 4.27. The van der Waals surface area contributed by atoms with E-state index >= 15 is 0 Å². The molecule has 4 nitrogen and oxygen atoms in total. The van der Waals surface area contributed by atoms with Crippen molar-refractivity contribution in [3.8, 4) is 0 Å². The predicted octanol–water partition coefficient (Wildman–Crippen LogP) is 5.24. The number of carbonyl (C=O) groups excluding carboxylic acids is 1. The first-order valence-electron chi connectivity index (χ1n) is 8.76. The number of rotatable bonds is 4. The minimum absolute atomic E-state index is 0.0108. The van der Waals surface area contributed by atoms with Crippen molar-refractivity contribution in [2.24, 2.45) is 4.99 Å². The van der Waals surface area contributed by atoms with E-state index in [0.29, 0.717) is 11.7 Å². The SMILES string of the molecule is C=CCN1C(=O)/C(=C2/Sc3ccccc3N2CC)SC1=Nc1ccccc1. The number of fused-ring (bicyclic) bond motifs is 1. The second-order valence-corrected chi connectivity index (χ2v) is 7.99. The van der Waals surface area contributed by atoms with E-state index < -0.39 is 0 Å². The topological polar surface area (TPSA) is 35.9 Å². The highest BCUT2D eigenvalue weighted by molar-refractivity contribution is 8.19. The van der Waals surface area contributed by atoms with Gasteiger partial charge < -0.3 is 4.90 Å². The van der Waals surface area contributed by atoms with Crippen LogP contribution in [0.1, 0.15) is 6.92 Å². The maximum Gasteiger partial charge on any atom is 0.269 e. The summed E-state index contributed by atoms with van der Waals surface area (Å²) < 4.78 is 0. The van der Waals surface area contributed by atoms with Crippen molar-refractivity contribution >= 4 is 46.0 Å². The molecule has 2 aliphatic rings. The number of nitrogens with zero attached hydrogens (tertiary/aromatic N) is 3. The molecule has 2 aliphatic heterocycles. The van der Waals surface area contributed by atoms with Gasteiger partial charge in [-0.15, -0.1) is 6.58 Å². The second kappa shape index (κ2) is 7.66. The lowest BCUT2D eigenvalue weighted by atomic mass is 10.3. The Labute approximate surface area is 167 Å². The average Bonchev–Trinajstić information content (AvgIpc) is 3.21. The fourth-order valence-electron chi connectivity index (χ4n) is 3.04. The van der Waals surface area contributed by atoms with Crippen LogP contribution in [-0.2, 0) is 4.79 Å². The highest BCUT2D eigenvalue weighted by Crippen LogP contribution is 2.50. The van der Waals surface area contributed by atoms with Gasteiger partial charge in [0.2, 0.25) is 0 Å². The summed E-state index contributed by atoms with van der Waals surface area (Å²) in [5.41, 5.74) is 1.99. The van der Waals surface area contributed by atoms with Gasteiger partial charge in [0.1, 0.15) is 9.93 Å². The molecule has 4 rings (SSSR count). The molecule has 0 unspecified atom stereocenters. The van der Waals surface area contributed by atoms with Crippen LogP contribution in [0.2, 0.25) is 0 Å². The van der Waals surface area contributed by atoms with Gasteiger partial charge in [-0.25, -0.2) is 4.99 Å². The van der Waals surface area contributed by atoms with E-state index in [1.54, 1.807) is 22.7 Å². The van der Waals surface area contributed by atoms with E-state index in [1.807, 2.05) is 42.5 Å². The number of aliphatic imine (C=N–C) groups is 1. The molecule has 2 heterocycles. The zero-order valence-corrected chi connectivity index (χ0v) is 16.6. The van der Waals surface area contributed by atoms with Crippen LogP contribution >= 0.6 is 23.5 Å². The van der Waals surface area contributed by atoms with Crippen molar-refractivity contribution in [1.29, 1.82) is 0 Å². The summed E-state index contributed by atoms with van der Waals surface area (Å²) in [5, 5.41) is 1.68. The zero-order valence-electron chi connectivity index (χ0n) is 15.0. The highest BCUT2D eigenvalue weighted by atomic mass is 32.2. The van der Waals surface area contributed by atoms with Crippen molar-refractivity contribution in [3.05, 3.63) is 77.2 Å². The standard InChI is InChI=1S/C21H19N3OS2/c1-3-14-24-19(25)18(27-21(24)22-15-10-6-5-7-11-15)20-23(4-2)16-12-8-9-13-17(16)26-20/h3,5-13H,1,4,14H2,2H3/b20-18-,22-21?. The zero-order chi connectivity index (χ0) is 18.8. The molecule has 0 saturated carbocycles.